The molecule has 0 amide bonds. The van der Waals surface area contributed by atoms with E-state index < -0.39 is 0 Å². The van der Waals surface area contributed by atoms with Crippen molar-refractivity contribution in [2.75, 3.05) is 0 Å². The van der Waals surface area contributed by atoms with Gasteiger partial charge in [0.05, 0.1) is 6.10 Å². The van der Waals surface area contributed by atoms with Gasteiger partial charge in [-0.2, -0.15) is 0 Å². The van der Waals surface area contributed by atoms with Gasteiger partial charge in [0, 0.05) is 5.92 Å². The van der Waals surface area contributed by atoms with Crippen molar-refractivity contribution in [3.8, 4) is 0 Å². The predicted molar refractivity (Wildman–Crippen MR) is 127 cm³/mol. The predicted octanol–water partition coefficient (Wildman–Crippen LogP) is 7.04. The monoisotopic (exact) mass is 428 g/mol. The Morgan fingerprint density at radius 1 is 0.677 bits per heavy atom. The van der Waals surface area contributed by atoms with Crippen LogP contribution in [-0.4, -0.2) is 17.0 Å². The van der Waals surface area contributed by atoms with Crippen LogP contribution in [0.25, 0.3) is 0 Å². The Bertz CT molecular complexity index is 771. The maximum atomic E-state index is 12.4. The zero-order chi connectivity index (χ0) is 22.6. The summed E-state index contributed by atoms with van der Waals surface area (Å²) >= 11 is 0. The van der Waals surface area contributed by atoms with Crippen molar-refractivity contribution >= 4 is 5.78 Å². The van der Waals surface area contributed by atoms with E-state index in [-0.39, 0.29) is 11.5 Å². The number of carbonyl (C=O) groups excluding carboxylic acids is 1. The van der Waals surface area contributed by atoms with E-state index in [4.69, 9.17) is 0 Å². The van der Waals surface area contributed by atoms with Gasteiger partial charge in [-0.3, -0.25) is 4.79 Å². The first-order chi connectivity index (χ1) is 14.3. The van der Waals surface area contributed by atoms with E-state index in [2.05, 4.69) is 41.5 Å². The lowest BCUT2D eigenvalue weighted by Crippen LogP contribution is -2.66. The summed E-state index contributed by atoms with van der Waals surface area (Å²) in [4.78, 5) is 12.4. The summed E-state index contributed by atoms with van der Waals surface area (Å²) < 4.78 is 0. The van der Waals surface area contributed by atoms with E-state index >= 15 is 0 Å². The molecule has 0 aromatic carbocycles. The number of carbonyl (C=O) groups is 1. The van der Waals surface area contributed by atoms with Gasteiger partial charge in [-0.25, -0.2) is 0 Å². The van der Waals surface area contributed by atoms with Gasteiger partial charge >= 0.3 is 0 Å². The molecule has 5 fully saturated rings. The Kier molecular flexibility index (Phi) is 4.78. The van der Waals surface area contributed by atoms with Crippen LogP contribution in [0.4, 0.5) is 0 Å². The number of Topliss-reactive ketones (excluding diaryl/α,β-unsaturated/α-hetero) is 1. The first-order valence-corrected chi connectivity index (χ1v) is 13.5. The Morgan fingerprint density at radius 3 is 1.84 bits per heavy atom. The number of hydrogen-bond donors (Lipinski definition) is 1. The van der Waals surface area contributed by atoms with Crippen molar-refractivity contribution in [1.82, 2.24) is 0 Å². The van der Waals surface area contributed by atoms with Crippen LogP contribution >= 0.6 is 0 Å². The quantitative estimate of drug-likeness (QED) is 0.486. The standard InChI is InChI=1S/C29H48O2/c1-18(30)19-10-14-26(4)20(19)11-16-28(6)22(26)8-9-23-27(5)15-13-24(31)25(2,3)21(27)12-17-29(23,28)7/h19-24,31H,8-17H2,1-7H3. The molecule has 0 bridgehead atoms. The summed E-state index contributed by atoms with van der Waals surface area (Å²) in [5, 5.41) is 10.9. The summed E-state index contributed by atoms with van der Waals surface area (Å²) in [6.07, 6.45) is 12.4. The van der Waals surface area contributed by atoms with Crippen molar-refractivity contribution in [2.45, 2.75) is 119 Å². The summed E-state index contributed by atoms with van der Waals surface area (Å²) in [5.41, 5.74) is 1.54. The van der Waals surface area contributed by atoms with E-state index in [9.17, 15) is 9.90 Å². The largest absolute Gasteiger partial charge is 0.393 e. The summed E-state index contributed by atoms with van der Waals surface area (Å²) in [7, 11) is 0. The van der Waals surface area contributed by atoms with Gasteiger partial charge in [-0.1, -0.05) is 41.5 Å². The van der Waals surface area contributed by atoms with Gasteiger partial charge in [0.1, 0.15) is 5.78 Å². The number of fused-ring (bicyclic) bond motifs is 7. The van der Waals surface area contributed by atoms with Gasteiger partial charge in [0.25, 0.3) is 0 Å². The highest BCUT2D eigenvalue weighted by Gasteiger charge is 2.70. The smallest absolute Gasteiger partial charge is 0.133 e. The van der Waals surface area contributed by atoms with Crippen LogP contribution in [0, 0.1) is 56.7 Å². The van der Waals surface area contributed by atoms with Gasteiger partial charge in [-0.05, 0) is 122 Å². The summed E-state index contributed by atoms with van der Waals surface area (Å²) in [6.45, 7) is 17.1. The molecule has 0 heterocycles. The first kappa shape index (κ1) is 22.4. The molecule has 2 heteroatoms. The molecule has 5 aliphatic rings. The molecule has 0 radical (unpaired) electrons. The Balaban J connectivity index is 1.52. The van der Waals surface area contributed by atoms with Crippen molar-refractivity contribution in [3.63, 3.8) is 0 Å². The van der Waals surface area contributed by atoms with Crippen molar-refractivity contribution in [1.29, 1.82) is 0 Å². The molecule has 1 N–H and O–H groups in total. The lowest BCUT2D eigenvalue weighted by molar-refractivity contribution is -0.251. The lowest BCUT2D eigenvalue weighted by Gasteiger charge is -2.73. The maximum absolute atomic E-state index is 12.4. The van der Waals surface area contributed by atoms with Gasteiger partial charge in [0.15, 0.2) is 0 Å². The molecule has 10 atom stereocenters. The van der Waals surface area contributed by atoms with Crippen molar-refractivity contribution < 1.29 is 9.90 Å². The van der Waals surface area contributed by atoms with E-state index in [1.54, 1.807) is 0 Å². The van der Waals surface area contributed by atoms with E-state index in [0.717, 1.165) is 24.7 Å². The molecule has 31 heavy (non-hydrogen) atoms. The molecule has 0 saturated heterocycles. The first-order valence-electron chi connectivity index (χ1n) is 13.5. The highest BCUT2D eigenvalue weighted by atomic mass is 16.3. The molecule has 176 valence electrons. The summed E-state index contributed by atoms with van der Waals surface area (Å²) in [5.74, 6) is 3.59. The minimum absolute atomic E-state index is 0.0376. The minimum atomic E-state index is -0.141. The number of aliphatic hydroxyl groups is 1. The van der Waals surface area contributed by atoms with Crippen LogP contribution in [0.2, 0.25) is 0 Å². The van der Waals surface area contributed by atoms with E-state index in [1.165, 1.54) is 51.4 Å². The Labute approximate surface area is 191 Å². The van der Waals surface area contributed by atoms with Gasteiger partial charge < -0.3 is 5.11 Å². The highest BCUT2D eigenvalue weighted by Crippen LogP contribution is 2.77. The molecule has 0 aromatic rings. The third-order valence-corrected chi connectivity index (χ3v) is 13.5. The van der Waals surface area contributed by atoms with E-state index in [1.807, 2.05) is 6.92 Å². The van der Waals surface area contributed by atoms with Crippen LogP contribution in [0.5, 0.6) is 0 Å². The topological polar surface area (TPSA) is 37.3 Å². The van der Waals surface area contributed by atoms with Crippen LogP contribution in [0.1, 0.15) is 113 Å². The second-order valence-electron chi connectivity index (χ2n) is 14.4. The second kappa shape index (κ2) is 6.61. The molecule has 5 rings (SSSR count). The number of rotatable bonds is 1. The average molecular weight is 429 g/mol. The molecule has 0 aliphatic heterocycles. The molecular weight excluding hydrogens is 380 g/mol. The Morgan fingerprint density at radius 2 is 1.23 bits per heavy atom. The number of aliphatic hydroxyl groups excluding tert-OH is 1. The number of hydrogen-bond acceptors (Lipinski definition) is 2. The third kappa shape index (κ3) is 2.58. The molecule has 0 aromatic heterocycles. The molecular formula is C29H48O2. The van der Waals surface area contributed by atoms with Gasteiger partial charge in [-0.15, -0.1) is 0 Å². The zero-order valence-corrected chi connectivity index (χ0v) is 21.4. The second-order valence-corrected chi connectivity index (χ2v) is 14.4. The lowest BCUT2D eigenvalue weighted by atomic mass is 9.32. The maximum Gasteiger partial charge on any atom is 0.133 e. The van der Waals surface area contributed by atoms with Crippen molar-refractivity contribution in [2.24, 2.45) is 56.7 Å². The average Bonchev–Trinajstić information content (AvgIpc) is 3.03. The normalized spacial score (nSPS) is 57.9. The molecule has 10 unspecified atom stereocenters. The fourth-order valence-electron chi connectivity index (χ4n) is 11.7. The van der Waals surface area contributed by atoms with Crippen LogP contribution in [-0.2, 0) is 4.79 Å². The third-order valence-electron chi connectivity index (χ3n) is 13.5. The minimum Gasteiger partial charge on any atom is -0.393 e. The van der Waals surface area contributed by atoms with Crippen LogP contribution < -0.4 is 0 Å². The number of ketones is 1. The highest BCUT2D eigenvalue weighted by molar-refractivity contribution is 5.79. The van der Waals surface area contributed by atoms with Crippen LogP contribution in [0.3, 0.4) is 0 Å². The fourth-order valence-corrected chi connectivity index (χ4v) is 11.7. The Hall–Kier alpha value is -0.370. The molecule has 0 spiro atoms. The van der Waals surface area contributed by atoms with Gasteiger partial charge in [0.2, 0.25) is 0 Å². The van der Waals surface area contributed by atoms with Crippen LogP contribution in [0.15, 0.2) is 0 Å². The van der Waals surface area contributed by atoms with Crippen molar-refractivity contribution in [3.05, 3.63) is 0 Å². The molecule has 2 nitrogen and oxygen atoms in total. The fraction of sp³-hybridized carbons (Fsp3) is 0.966. The SMILES string of the molecule is CC(=O)C1CCC2(C)C1CCC1(C)C2CCC2C3(C)CCC(O)C(C)(C)C3CCC21C. The molecule has 5 saturated carbocycles. The zero-order valence-electron chi connectivity index (χ0n) is 21.4. The van der Waals surface area contributed by atoms with E-state index in [0.29, 0.717) is 45.2 Å². The summed E-state index contributed by atoms with van der Waals surface area (Å²) in [6, 6.07) is 0. The molecule has 5 aliphatic carbocycles.